The van der Waals surface area contributed by atoms with E-state index in [2.05, 4.69) is 20.8 Å². The average Bonchev–Trinajstić information content (AvgIpc) is 3.19. The van der Waals surface area contributed by atoms with Crippen molar-refractivity contribution in [3.05, 3.63) is 23.9 Å². The van der Waals surface area contributed by atoms with Crippen molar-refractivity contribution >= 4 is 11.9 Å². The van der Waals surface area contributed by atoms with Crippen molar-refractivity contribution in [3.8, 4) is 0 Å². The normalized spacial score (nSPS) is 27.9. The van der Waals surface area contributed by atoms with Gasteiger partial charge in [-0.1, -0.05) is 17.3 Å². The first kappa shape index (κ1) is 13.7. The quantitative estimate of drug-likeness (QED) is 0.681. The molecule has 0 spiro atoms. The van der Waals surface area contributed by atoms with Gasteiger partial charge < -0.3 is 20.3 Å². The summed E-state index contributed by atoms with van der Waals surface area (Å²) in [5, 5.41) is 18.5. The van der Waals surface area contributed by atoms with Crippen LogP contribution in [-0.4, -0.2) is 39.7 Å². The molecule has 8 nitrogen and oxygen atoms in total. The van der Waals surface area contributed by atoms with E-state index in [1.165, 1.54) is 0 Å². The van der Waals surface area contributed by atoms with Crippen LogP contribution in [0.25, 0.3) is 0 Å². The molecule has 2 heterocycles. The number of carbonyl (C=O) groups excluding carboxylic acids is 1. The molecular weight excluding hydrogens is 276 g/mol. The number of carboxylic acids is 1. The number of nitrogens with zero attached hydrogens (tertiary/aromatic N) is 2. The number of nitrogens with one attached hydrogen (secondary N) is 2. The largest absolute Gasteiger partial charge is 0.481 e. The Morgan fingerprint density at radius 2 is 2.29 bits per heavy atom. The summed E-state index contributed by atoms with van der Waals surface area (Å²) in [6.45, 7) is 0.901. The number of aromatic nitrogens is 2. The lowest BCUT2D eigenvalue weighted by atomic mass is 10.1. The van der Waals surface area contributed by atoms with E-state index >= 15 is 0 Å². The molecule has 1 aliphatic heterocycles. The first-order chi connectivity index (χ1) is 10.1. The number of carboxylic acid groups (broad SMARTS) is 1. The highest BCUT2D eigenvalue weighted by Crippen LogP contribution is 2.21. The monoisotopic (exact) mass is 292 g/mol. The minimum absolute atomic E-state index is 0.0156. The van der Waals surface area contributed by atoms with E-state index in [9.17, 15) is 9.59 Å². The van der Waals surface area contributed by atoms with Gasteiger partial charge in [0.1, 0.15) is 0 Å². The minimum atomic E-state index is -0.892. The smallest absolute Gasteiger partial charge is 0.310 e. The molecule has 1 aromatic heterocycles. The maximum Gasteiger partial charge on any atom is 0.310 e. The molecule has 0 radical (unpaired) electrons. The molecule has 1 aromatic rings. The van der Waals surface area contributed by atoms with Crippen LogP contribution in [0.2, 0.25) is 0 Å². The maximum absolute atomic E-state index is 12.0. The highest BCUT2D eigenvalue weighted by atomic mass is 16.5. The molecule has 1 fully saturated rings. The lowest BCUT2D eigenvalue weighted by Gasteiger charge is -2.09. The van der Waals surface area contributed by atoms with Gasteiger partial charge in [-0.05, 0) is 25.8 Å². The Labute approximate surface area is 120 Å². The summed E-state index contributed by atoms with van der Waals surface area (Å²) in [6, 6.07) is -0.299. The van der Waals surface area contributed by atoms with Crippen molar-refractivity contribution in [3.63, 3.8) is 0 Å². The van der Waals surface area contributed by atoms with Gasteiger partial charge in [-0.2, -0.15) is 4.98 Å². The molecule has 1 saturated heterocycles. The highest BCUT2D eigenvalue weighted by molar-refractivity contribution is 5.90. The molecule has 0 bridgehead atoms. The van der Waals surface area contributed by atoms with Gasteiger partial charge in [0, 0.05) is 6.04 Å². The van der Waals surface area contributed by atoms with Crippen molar-refractivity contribution in [2.45, 2.75) is 31.3 Å². The van der Waals surface area contributed by atoms with Gasteiger partial charge in [-0.25, -0.2) is 0 Å². The Morgan fingerprint density at radius 3 is 2.95 bits per heavy atom. The van der Waals surface area contributed by atoms with Crippen molar-refractivity contribution in [1.29, 1.82) is 0 Å². The molecule has 112 valence electrons. The molecule has 1 amide bonds. The second-order valence-electron chi connectivity index (χ2n) is 5.25. The van der Waals surface area contributed by atoms with Gasteiger partial charge in [-0.15, -0.1) is 0 Å². The molecule has 0 saturated carbocycles. The van der Waals surface area contributed by atoms with E-state index in [4.69, 9.17) is 9.63 Å². The Hall–Kier alpha value is -2.22. The number of hydrogen-bond acceptors (Lipinski definition) is 6. The lowest BCUT2D eigenvalue weighted by molar-refractivity contribution is -0.140. The van der Waals surface area contributed by atoms with Crippen LogP contribution in [0, 0.1) is 5.92 Å². The van der Waals surface area contributed by atoms with Crippen molar-refractivity contribution < 1.29 is 19.2 Å². The fourth-order valence-corrected chi connectivity index (χ4v) is 2.59. The molecular formula is C13H16N4O4. The third-order valence-electron chi connectivity index (χ3n) is 3.72. The van der Waals surface area contributed by atoms with E-state index in [-0.39, 0.29) is 17.9 Å². The summed E-state index contributed by atoms with van der Waals surface area (Å²) >= 11 is 0. The van der Waals surface area contributed by atoms with Crippen LogP contribution >= 0.6 is 0 Å². The average molecular weight is 292 g/mol. The number of hydrogen-bond donors (Lipinski definition) is 3. The standard InChI is InChI=1S/C13H16N4O4/c18-11(15-8-4-3-7(6-8)13(19)20)10-16-12(21-17-10)9-2-1-5-14-9/h3-4,7-9,14H,1-2,5-6H2,(H,15,18)(H,19,20). The topological polar surface area (TPSA) is 117 Å². The predicted octanol–water partition coefficient (Wildman–Crippen LogP) is 0.253. The van der Waals surface area contributed by atoms with Gasteiger partial charge in [0.25, 0.3) is 11.7 Å². The van der Waals surface area contributed by atoms with Crippen LogP contribution in [0.5, 0.6) is 0 Å². The zero-order valence-corrected chi connectivity index (χ0v) is 11.3. The SMILES string of the molecule is O=C(NC1C=CC(C(=O)O)C1)c1noc(C2CCCN2)n1. The number of aliphatic carboxylic acids is 1. The third kappa shape index (κ3) is 2.94. The molecule has 1 aliphatic carbocycles. The zero-order chi connectivity index (χ0) is 14.8. The second kappa shape index (κ2) is 5.65. The first-order valence-electron chi connectivity index (χ1n) is 6.92. The maximum atomic E-state index is 12.0. The summed E-state index contributed by atoms with van der Waals surface area (Å²) < 4.78 is 5.10. The lowest BCUT2D eigenvalue weighted by Crippen LogP contribution is -2.34. The summed E-state index contributed by atoms with van der Waals surface area (Å²) in [5.74, 6) is -1.51. The van der Waals surface area contributed by atoms with Crippen LogP contribution in [-0.2, 0) is 4.79 Å². The molecule has 2 aliphatic rings. The zero-order valence-electron chi connectivity index (χ0n) is 11.3. The van der Waals surface area contributed by atoms with Crippen molar-refractivity contribution in [1.82, 2.24) is 20.8 Å². The molecule has 3 N–H and O–H groups in total. The van der Waals surface area contributed by atoms with Gasteiger partial charge in [0.2, 0.25) is 5.89 Å². The van der Waals surface area contributed by atoms with Gasteiger partial charge in [0.05, 0.1) is 12.0 Å². The van der Waals surface area contributed by atoms with E-state index < -0.39 is 17.8 Å². The van der Waals surface area contributed by atoms with E-state index in [1.807, 2.05) is 0 Å². The summed E-state index contributed by atoms with van der Waals surface area (Å²) in [7, 11) is 0. The van der Waals surface area contributed by atoms with Crippen LogP contribution in [0.1, 0.15) is 41.8 Å². The van der Waals surface area contributed by atoms with Crippen LogP contribution in [0.4, 0.5) is 0 Å². The molecule has 3 unspecified atom stereocenters. The van der Waals surface area contributed by atoms with E-state index in [1.54, 1.807) is 12.2 Å². The van der Waals surface area contributed by atoms with E-state index in [0.29, 0.717) is 12.3 Å². The van der Waals surface area contributed by atoms with Gasteiger partial charge in [-0.3, -0.25) is 9.59 Å². The summed E-state index contributed by atoms with van der Waals surface area (Å²) in [4.78, 5) is 26.9. The third-order valence-corrected chi connectivity index (χ3v) is 3.72. The number of carbonyl (C=O) groups is 2. The Morgan fingerprint density at radius 1 is 1.43 bits per heavy atom. The second-order valence-corrected chi connectivity index (χ2v) is 5.25. The van der Waals surface area contributed by atoms with Gasteiger partial charge >= 0.3 is 5.97 Å². The van der Waals surface area contributed by atoms with Crippen LogP contribution in [0.3, 0.4) is 0 Å². The Balaban J connectivity index is 1.59. The first-order valence-corrected chi connectivity index (χ1v) is 6.92. The fraction of sp³-hybridized carbons (Fsp3) is 0.538. The summed E-state index contributed by atoms with van der Waals surface area (Å²) in [5.41, 5.74) is 0. The minimum Gasteiger partial charge on any atom is -0.481 e. The van der Waals surface area contributed by atoms with Crippen molar-refractivity contribution in [2.24, 2.45) is 5.92 Å². The molecule has 8 heteroatoms. The number of rotatable bonds is 4. The Kier molecular flexibility index (Phi) is 3.70. The fourth-order valence-electron chi connectivity index (χ4n) is 2.59. The molecule has 21 heavy (non-hydrogen) atoms. The highest BCUT2D eigenvalue weighted by Gasteiger charge is 2.28. The molecule has 3 rings (SSSR count). The van der Waals surface area contributed by atoms with Gasteiger partial charge in [0.15, 0.2) is 0 Å². The van der Waals surface area contributed by atoms with E-state index in [0.717, 1.165) is 19.4 Å². The summed E-state index contributed by atoms with van der Waals surface area (Å²) in [6.07, 6.45) is 5.55. The number of amides is 1. The molecule has 0 aromatic carbocycles. The van der Waals surface area contributed by atoms with Crippen molar-refractivity contribution in [2.75, 3.05) is 6.54 Å². The van der Waals surface area contributed by atoms with Crippen LogP contribution in [0.15, 0.2) is 16.7 Å². The predicted molar refractivity (Wildman–Crippen MR) is 70.4 cm³/mol. The molecule has 3 atom stereocenters. The Bertz CT molecular complexity index is 576. The van der Waals surface area contributed by atoms with Crippen LogP contribution < -0.4 is 10.6 Å².